The number of hydrogen-bond acceptors (Lipinski definition) is 2. The Labute approximate surface area is 109 Å². The number of hydrogen-bond donors (Lipinski definition) is 1. The predicted octanol–water partition coefficient (Wildman–Crippen LogP) is 2.02. The monoisotopic (exact) mass is 256 g/mol. The molecule has 1 saturated heterocycles. The van der Waals surface area contributed by atoms with Crippen LogP contribution in [0.2, 0.25) is 0 Å². The Morgan fingerprint density at radius 1 is 1.28 bits per heavy atom. The van der Waals surface area contributed by atoms with Crippen molar-refractivity contribution in [2.24, 2.45) is 5.92 Å². The summed E-state index contributed by atoms with van der Waals surface area (Å²) in [6.45, 7) is 6.74. The van der Waals surface area contributed by atoms with Gasteiger partial charge in [-0.2, -0.15) is 0 Å². The van der Waals surface area contributed by atoms with E-state index in [4.69, 9.17) is 5.11 Å². The van der Waals surface area contributed by atoms with Crippen molar-refractivity contribution in [2.45, 2.75) is 45.6 Å². The van der Waals surface area contributed by atoms with Crippen molar-refractivity contribution in [2.75, 3.05) is 20.1 Å². The average Bonchev–Trinajstić information content (AvgIpc) is 2.51. The molecule has 0 aromatic carbocycles. The molecule has 1 atom stereocenters. The number of nitrogens with zero attached hydrogens (tertiary/aromatic N) is 2. The van der Waals surface area contributed by atoms with Crippen molar-refractivity contribution in [3.8, 4) is 0 Å². The number of carbonyl (C=O) groups excluding carboxylic acids is 1. The van der Waals surface area contributed by atoms with Crippen LogP contribution >= 0.6 is 0 Å². The van der Waals surface area contributed by atoms with Crippen molar-refractivity contribution in [1.29, 1.82) is 0 Å². The van der Waals surface area contributed by atoms with Crippen LogP contribution in [-0.2, 0) is 4.79 Å². The molecule has 0 aromatic heterocycles. The molecule has 5 nitrogen and oxygen atoms in total. The van der Waals surface area contributed by atoms with Crippen LogP contribution in [0, 0.1) is 5.92 Å². The molecule has 18 heavy (non-hydrogen) atoms. The van der Waals surface area contributed by atoms with Crippen molar-refractivity contribution in [3.63, 3.8) is 0 Å². The fourth-order valence-electron chi connectivity index (χ4n) is 2.05. The van der Waals surface area contributed by atoms with Crippen LogP contribution in [0.15, 0.2) is 0 Å². The van der Waals surface area contributed by atoms with E-state index in [1.807, 2.05) is 0 Å². The Kier molecular flexibility index (Phi) is 4.59. The van der Waals surface area contributed by atoms with Gasteiger partial charge in [0, 0.05) is 20.1 Å². The van der Waals surface area contributed by atoms with Gasteiger partial charge in [-0.05, 0) is 39.0 Å². The van der Waals surface area contributed by atoms with Gasteiger partial charge in [0.15, 0.2) is 0 Å². The first-order chi connectivity index (χ1) is 8.26. The zero-order chi connectivity index (χ0) is 13.9. The van der Waals surface area contributed by atoms with Gasteiger partial charge in [0.05, 0.1) is 0 Å². The number of carboxylic acid groups (broad SMARTS) is 1. The Bertz CT molecular complexity index is 328. The van der Waals surface area contributed by atoms with E-state index in [-0.39, 0.29) is 6.03 Å². The second kappa shape index (κ2) is 5.59. The molecule has 1 N–H and O–H groups in total. The van der Waals surface area contributed by atoms with Gasteiger partial charge in [-0.15, -0.1) is 0 Å². The van der Waals surface area contributed by atoms with E-state index < -0.39 is 11.5 Å². The summed E-state index contributed by atoms with van der Waals surface area (Å²) >= 11 is 0. The zero-order valence-electron chi connectivity index (χ0n) is 11.8. The summed E-state index contributed by atoms with van der Waals surface area (Å²) in [6.07, 6.45) is 3.12. The van der Waals surface area contributed by atoms with E-state index in [1.54, 1.807) is 25.8 Å². The molecular formula is C13H24N2O3. The van der Waals surface area contributed by atoms with Crippen molar-refractivity contribution in [3.05, 3.63) is 0 Å². The summed E-state index contributed by atoms with van der Waals surface area (Å²) in [5.41, 5.74) is -1.17. The van der Waals surface area contributed by atoms with Gasteiger partial charge in [-0.25, -0.2) is 9.59 Å². The van der Waals surface area contributed by atoms with E-state index in [2.05, 4.69) is 6.92 Å². The van der Waals surface area contributed by atoms with Gasteiger partial charge in [-0.3, -0.25) is 0 Å². The van der Waals surface area contributed by atoms with Crippen LogP contribution in [0.1, 0.15) is 40.0 Å². The summed E-state index contributed by atoms with van der Waals surface area (Å²) in [5.74, 6) is -0.345. The van der Waals surface area contributed by atoms with Crippen LogP contribution < -0.4 is 0 Å². The third-order valence-corrected chi connectivity index (χ3v) is 3.94. The number of carboxylic acids is 1. The minimum atomic E-state index is -1.17. The topological polar surface area (TPSA) is 60.9 Å². The van der Waals surface area contributed by atoms with Crippen LogP contribution in [0.4, 0.5) is 4.79 Å². The lowest BCUT2D eigenvalue weighted by atomic mass is 10.0. The molecule has 0 saturated carbocycles. The molecule has 1 rings (SSSR count). The number of urea groups is 1. The van der Waals surface area contributed by atoms with Gasteiger partial charge < -0.3 is 14.9 Å². The number of amides is 2. The van der Waals surface area contributed by atoms with Crippen molar-refractivity contribution >= 4 is 12.0 Å². The molecule has 1 fully saturated rings. The average molecular weight is 256 g/mol. The highest BCUT2D eigenvalue weighted by atomic mass is 16.4. The van der Waals surface area contributed by atoms with Crippen molar-refractivity contribution in [1.82, 2.24) is 9.80 Å². The van der Waals surface area contributed by atoms with E-state index in [9.17, 15) is 9.59 Å². The Hall–Kier alpha value is -1.26. The molecule has 5 heteroatoms. The van der Waals surface area contributed by atoms with E-state index in [0.29, 0.717) is 5.92 Å². The number of carbonyl (C=O) groups is 2. The first-order valence-corrected chi connectivity index (χ1v) is 6.53. The second-order valence-corrected chi connectivity index (χ2v) is 5.73. The molecule has 1 aliphatic rings. The molecule has 1 heterocycles. The smallest absolute Gasteiger partial charge is 0.329 e. The molecule has 2 amide bonds. The van der Waals surface area contributed by atoms with Crippen molar-refractivity contribution < 1.29 is 14.7 Å². The van der Waals surface area contributed by atoms with Crippen LogP contribution in [0.5, 0.6) is 0 Å². The number of rotatable bonds is 2. The molecule has 104 valence electrons. The lowest BCUT2D eigenvalue weighted by molar-refractivity contribution is -0.147. The van der Waals surface area contributed by atoms with Gasteiger partial charge in [-0.1, -0.05) is 6.92 Å². The SMILES string of the molecule is CC1CCCN(C(=O)N(C)C(C)(C)C(=O)O)CC1. The zero-order valence-corrected chi connectivity index (χ0v) is 11.8. The van der Waals surface area contributed by atoms with Crippen LogP contribution in [0.25, 0.3) is 0 Å². The molecule has 0 radical (unpaired) electrons. The van der Waals surface area contributed by atoms with Gasteiger partial charge >= 0.3 is 12.0 Å². The predicted molar refractivity (Wildman–Crippen MR) is 69.5 cm³/mol. The lowest BCUT2D eigenvalue weighted by Crippen LogP contribution is -2.55. The summed E-state index contributed by atoms with van der Waals surface area (Å²) in [5, 5.41) is 9.14. The van der Waals surface area contributed by atoms with Gasteiger partial charge in [0.1, 0.15) is 5.54 Å². The largest absolute Gasteiger partial charge is 0.480 e. The third-order valence-electron chi connectivity index (χ3n) is 3.94. The quantitative estimate of drug-likeness (QED) is 0.822. The van der Waals surface area contributed by atoms with Crippen LogP contribution in [0.3, 0.4) is 0 Å². The fraction of sp³-hybridized carbons (Fsp3) is 0.846. The normalized spacial score (nSPS) is 21.3. The summed E-state index contributed by atoms with van der Waals surface area (Å²) in [4.78, 5) is 26.6. The molecule has 0 spiro atoms. The maximum Gasteiger partial charge on any atom is 0.329 e. The standard InChI is InChI=1S/C13H24N2O3/c1-10-6-5-8-15(9-7-10)12(18)14(4)13(2,3)11(16)17/h10H,5-9H2,1-4H3,(H,16,17). The summed E-state index contributed by atoms with van der Waals surface area (Å²) < 4.78 is 0. The maximum absolute atomic E-state index is 12.3. The number of aliphatic carboxylic acids is 1. The fourth-order valence-corrected chi connectivity index (χ4v) is 2.05. The van der Waals surface area contributed by atoms with Crippen LogP contribution in [-0.4, -0.2) is 52.6 Å². The first-order valence-electron chi connectivity index (χ1n) is 6.53. The van der Waals surface area contributed by atoms with E-state index >= 15 is 0 Å². The molecule has 0 bridgehead atoms. The Morgan fingerprint density at radius 2 is 1.89 bits per heavy atom. The number of likely N-dealkylation sites (N-methyl/N-ethyl adjacent to an activating group) is 1. The highest BCUT2D eigenvalue weighted by Crippen LogP contribution is 2.20. The first kappa shape index (κ1) is 14.8. The second-order valence-electron chi connectivity index (χ2n) is 5.73. The summed E-state index contributed by atoms with van der Waals surface area (Å²) in [7, 11) is 1.56. The summed E-state index contributed by atoms with van der Waals surface area (Å²) in [6, 6.07) is -0.184. The molecular weight excluding hydrogens is 232 g/mol. The third kappa shape index (κ3) is 3.15. The highest BCUT2D eigenvalue weighted by Gasteiger charge is 2.37. The van der Waals surface area contributed by atoms with E-state index in [1.165, 1.54) is 4.90 Å². The molecule has 1 aliphatic heterocycles. The number of likely N-dealkylation sites (tertiary alicyclic amines) is 1. The Balaban J connectivity index is 2.71. The van der Waals surface area contributed by atoms with Gasteiger partial charge in [0.2, 0.25) is 0 Å². The highest BCUT2D eigenvalue weighted by molar-refractivity contribution is 5.85. The van der Waals surface area contributed by atoms with Gasteiger partial charge in [0.25, 0.3) is 0 Å². The minimum absolute atomic E-state index is 0.184. The minimum Gasteiger partial charge on any atom is -0.480 e. The molecule has 0 aromatic rings. The maximum atomic E-state index is 12.3. The molecule has 1 unspecified atom stereocenters. The van der Waals surface area contributed by atoms with E-state index in [0.717, 1.165) is 32.4 Å². The molecule has 0 aliphatic carbocycles. The Morgan fingerprint density at radius 3 is 2.44 bits per heavy atom. The lowest BCUT2D eigenvalue weighted by Gasteiger charge is -2.35.